The van der Waals surface area contributed by atoms with Crippen molar-refractivity contribution in [2.75, 3.05) is 18.5 Å². The standard InChI is InChI=1S/C15H18F3N7OS/c1-10-21-14(27-24-10)20-7-3-6-19-13-22-12-11(4-2-8-25(12)23-13)26-9-5-15(16,17)18/h2-4,7-8,14,20H,5-6,9H2,1H3,(H,19,23)(H,21,24)/b7-3+. The zero-order chi connectivity index (χ0) is 19.3. The highest BCUT2D eigenvalue weighted by molar-refractivity contribution is 7.99. The van der Waals surface area contributed by atoms with Gasteiger partial charge in [-0.3, -0.25) is 0 Å². The van der Waals surface area contributed by atoms with Crippen LogP contribution in [0.15, 0.2) is 35.0 Å². The number of aromatic nitrogens is 3. The van der Waals surface area contributed by atoms with Gasteiger partial charge in [-0.05, 0) is 31.3 Å². The van der Waals surface area contributed by atoms with E-state index in [-0.39, 0.29) is 11.2 Å². The van der Waals surface area contributed by atoms with Gasteiger partial charge in [0.15, 0.2) is 16.9 Å². The molecule has 0 fully saturated rings. The molecule has 2 aromatic heterocycles. The minimum atomic E-state index is -4.26. The van der Waals surface area contributed by atoms with Crippen LogP contribution in [-0.2, 0) is 0 Å². The van der Waals surface area contributed by atoms with Gasteiger partial charge >= 0.3 is 6.18 Å². The van der Waals surface area contributed by atoms with Crippen LogP contribution in [-0.4, -0.2) is 45.3 Å². The molecule has 3 rings (SSSR count). The highest BCUT2D eigenvalue weighted by Crippen LogP contribution is 2.23. The fraction of sp³-hybridized carbons (Fsp3) is 0.400. The first-order valence-corrected chi connectivity index (χ1v) is 8.91. The number of amidine groups is 1. The Morgan fingerprint density at radius 2 is 2.30 bits per heavy atom. The smallest absolute Gasteiger partial charge is 0.392 e. The molecule has 8 nitrogen and oxygen atoms in total. The molecule has 0 bridgehead atoms. The molecule has 0 spiro atoms. The number of rotatable bonds is 8. The van der Waals surface area contributed by atoms with Gasteiger partial charge in [0.25, 0.3) is 0 Å². The molecule has 0 aliphatic carbocycles. The van der Waals surface area contributed by atoms with Crippen LogP contribution in [0.5, 0.6) is 5.75 Å². The van der Waals surface area contributed by atoms with Crippen molar-refractivity contribution in [2.45, 2.75) is 25.0 Å². The third-order valence-corrected chi connectivity index (χ3v) is 4.19. The quantitative estimate of drug-likeness (QED) is 0.586. The van der Waals surface area contributed by atoms with Crippen LogP contribution in [0.25, 0.3) is 5.65 Å². The zero-order valence-corrected chi connectivity index (χ0v) is 15.1. The topological polar surface area (TPSA) is 87.9 Å². The van der Waals surface area contributed by atoms with E-state index in [0.29, 0.717) is 18.1 Å². The van der Waals surface area contributed by atoms with E-state index < -0.39 is 19.2 Å². The first kappa shape index (κ1) is 19.1. The highest BCUT2D eigenvalue weighted by atomic mass is 32.2. The van der Waals surface area contributed by atoms with Crippen LogP contribution < -0.4 is 20.7 Å². The number of nitrogens with zero attached hydrogens (tertiary/aromatic N) is 4. The third kappa shape index (κ3) is 5.67. The van der Waals surface area contributed by atoms with Crippen molar-refractivity contribution in [3.05, 3.63) is 30.6 Å². The Balaban J connectivity index is 1.51. The second-order valence-corrected chi connectivity index (χ2v) is 6.41. The monoisotopic (exact) mass is 401 g/mol. The number of nitrogens with one attached hydrogen (secondary N) is 3. The molecule has 1 aliphatic heterocycles. The number of pyridine rings is 1. The second kappa shape index (κ2) is 8.37. The normalized spacial score (nSPS) is 17.2. The molecule has 2 aromatic rings. The number of hydrogen-bond donors (Lipinski definition) is 3. The van der Waals surface area contributed by atoms with Gasteiger partial charge in [0.1, 0.15) is 5.84 Å². The Labute approximate surface area is 157 Å². The molecule has 0 aromatic carbocycles. The van der Waals surface area contributed by atoms with Crippen LogP contribution in [0.1, 0.15) is 13.3 Å². The van der Waals surface area contributed by atoms with Gasteiger partial charge in [0.2, 0.25) is 5.95 Å². The van der Waals surface area contributed by atoms with Crippen molar-refractivity contribution in [3.63, 3.8) is 0 Å². The maximum atomic E-state index is 12.3. The average molecular weight is 401 g/mol. The van der Waals surface area contributed by atoms with E-state index in [0.717, 1.165) is 5.84 Å². The minimum absolute atomic E-state index is 0.00553. The van der Waals surface area contributed by atoms with Crippen molar-refractivity contribution in [2.24, 2.45) is 4.40 Å². The molecule has 0 radical (unpaired) electrons. The summed E-state index contributed by atoms with van der Waals surface area (Å²) in [4.78, 5) is 4.26. The summed E-state index contributed by atoms with van der Waals surface area (Å²) in [7, 11) is 0. The lowest BCUT2D eigenvalue weighted by molar-refractivity contribution is -0.139. The van der Waals surface area contributed by atoms with Crippen LogP contribution in [0.2, 0.25) is 0 Å². The van der Waals surface area contributed by atoms with Gasteiger partial charge in [-0.15, -0.1) is 5.10 Å². The van der Waals surface area contributed by atoms with Gasteiger partial charge in [-0.25, -0.2) is 4.52 Å². The van der Waals surface area contributed by atoms with Crippen molar-refractivity contribution >= 4 is 29.4 Å². The van der Waals surface area contributed by atoms with E-state index in [2.05, 4.69) is 30.4 Å². The number of alkyl halides is 3. The van der Waals surface area contributed by atoms with Crippen LogP contribution in [0.4, 0.5) is 19.1 Å². The summed E-state index contributed by atoms with van der Waals surface area (Å²) in [5, 5.41) is 13.5. The van der Waals surface area contributed by atoms with E-state index in [1.54, 1.807) is 24.5 Å². The van der Waals surface area contributed by atoms with Crippen LogP contribution >= 0.6 is 11.9 Å². The molecule has 3 heterocycles. The lowest BCUT2D eigenvalue weighted by Crippen LogP contribution is -2.35. The predicted molar refractivity (Wildman–Crippen MR) is 97.5 cm³/mol. The fourth-order valence-corrected chi connectivity index (χ4v) is 2.84. The van der Waals surface area contributed by atoms with Crippen LogP contribution in [0.3, 0.4) is 0 Å². The molecular formula is C15H18F3N7OS. The van der Waals surface area contributed by atoms with Crippen molar-refractivity contribution in [3.8, 4) is 5.75 Å². The van der Waals surface area contributed by atoms with E-state index in [4.69, 9.17) is 4.74 Å². The van der Waals surface area contributed by atoms with E-state index in [1.165, 1.54) is 16.5 Å². The zero-order valence-electron chi connectivity index (χ0n) is 14.3. The number of anilines is 1. The Morgan fingerprint density at radius 1 is 1.44 bits per heavy atom. The molecule has 3 N–H and O–H groups in total. The summed E-state index contributed by atoms with van der Waals surface area (Å²) >= 11 is 1.40. The Morgan fingerprint density at radius 3 is 3.04 bits per heavy atom. The maximum Gasteiger partial charge on any atom is 0.392 e. The summed E-state index contributed by atoms with van der Waals surface area (Å²) in [6.45, 7) is 1.88. The van der Waals surface area contributed by atoms with Crippen molar-refractivity contribution in [1.29, 1.82) is 0 Å². The summed E-state index contributed by atoms with van der Waals surface area (Å²) in [5.41, 5.74) is 0.356. The summed E-state index contributed by atoms with van der Waals surface area (Å²) in [6.07, 6.45) is -0.00456. The minimum Gasteiger partial charge on any atom is -0.489 e. The first-order valence-electron chi connectivity index (χ1n) is 8.07. The lowest BCUT2D eigenvalue weighted by Gasteiger charge is -2.08. The molecule has 12 heteroatoms. The Bertz CT molecular complexity index is 836. The number of halogens is 3. The average Bonchev–Trinajstić information content (AvgIpc) is 3.19. The molecule has 1 atom stereocenters. The summed E-state index contributed by atoms with van der Waals surface area (Å²) < 4.78 is 47.5. The molecule has 1 unspecified atom stereocenters. The molecular weight excluding hydrogens is 383 g/mol. The molecule has 1 aliphatic rings. The molecule has 27 heavy (non-hydrogen) atoms. The summed E-state index contributed by atoms with van der Waals surface area (Å²) in [5.74, 6) is 1.46. The number of hydrogen-bond acceptors (Lipinski definition) is 8. The van der Waals surface area contributed by atoms with E-state index >= 15 is 0 Å². The first-order chi connectivity index (χ1) is 12.9. The second-order valence-electron chi connectivity index (χ2n) is 5.55. The van der Waals surface area contributed by atoms with Crippen molar-refractivity contribution in [1.82, 2.24) is 25.2 Å². The van der Waals surface area contributed by atoms with Gasteiger partial charge < -0.3 is 20.7 Å². The van der Waals surface area contributed by atoms with Gasteiger partial charge in [0.05, 0.1) is 13.0 Å². The molecule has 0 saturated carbocycles. The Hall–Kier alpha value is -2.63. The van der Waals surface area contributed by atoms with Gasteiger partial charge in [0, 0.05) is 24.7 Å². The fourth-order valence-electron chi connectivity index (χ4n) is 2.16. The summed E-state index contributed by atoms with van der Waals surface area (Å²) in [6, 6.07) is 3.19. The number of fused-ring (bicyclic) bond motifs is 1. The number of ether oxygens (including phenoxy) is 1. The van der Waals surface area contributed by atoms with Gasteiger partial charge in [-0.2, -0.15) is 22.6 Å². The SMILES string of the molecule is CC1=NSC(N/C=C/CNc2nc3c(OCCC(F)(F)F)cccn3n2)N1. The predicted octanol–water partition coefficient (Wildman–Crippen LogP) is 2.53. The van der Waals surface area contributed by atoms with E-state index in [9.17, 15) is 13.2 Å². The molecule has 146 valence electrons. The van der Waals surface area contributed by atoms with E-state index in [1.807, 2.05) is 13.0 Å². The third-order valence-electron chi connectivity index (χ3n) is 3.35. The van der Waals surface area contributed by atoms with Crippen molar-refractivity contribution < 1.29 is 17.9 Å². The largest absolute Gasteiger partial charge is 0.489 e. The molecule has 0 amide bonds. The lowest BCUT2D eigenvalue weighted by atomic mass is 10.4. The van der Waals surface area contributed by atoms with Gasteiger partial charge in [-0.1, -0.05) is 0 Å². The highest BCUT2D eigenvalue weighted by Gasteiger charge is 2.27. The molecule has 0 saturated heterocycles. The van der Waals surface area contributed by atoms with Crippen LogP contribution in [0, 0.1) is 0 Å². The maximum absolute atomic E-state index is 12.3. The Kier molecular flexibility index (Phi) is 5.94.